The molecule has 1 aliphatic carbocycles. The first-order valence-electron chi connectivity index (χ1n) is 7.50. The monoisotopic (exact) mass is 293 g/mol. The van der Waals surface area contributed by atoms with Crippen LogP contribution in [0.2, 0.25) is 0 Å². The second-order valence-corrected chi connectivity index (χ2v) is 7.09. The fraction of sp³-hybridized carbons (Fsp3) is 0.625. The Morgan fingerprint density at radius 3 is 2.75 bits per heavy atom. The normalized spacial score (nSPS) is 29.2. The predicted octanol–water partition coefficient (Wildman–Crippen LogP) is 3.33. The molecule has 20 heavy (non-hydrogen) atoms. The number of rotatable bonds is 3. The van der Waals surface area contributed by atoms with Crippen LogP contribution in [0, 0.1) is 5.92 Å². The maximum Gasteiger partial charge on any atom is 0.162 e. The van der Waals surface area contributed by atoms with Gasteiger partial charge in [-0.15, -0.1) is 11.8 Å². The topological polar surface area (TPSA) is 30.5 Å². The fourth-order valence-electron chi connectivity index (χ4n) is 3.06. The molecule has 4 heteroatoms. The lowest BCUT2D eigenvalue weighted by Crippen LogP contribution is -2.40. The second kappa shape index (κ2) is 6.27. The summed E-state index contributed by atoms with van der Waals surface area (Å²) in [5.41, 5.74) is 0. The van der Waals surface area contributed by atoms with E-state index in [0.717, 1.165) is 17.4 Å². The molecule has 1 N–H and O–H groups in total. The van der Waals surface area contributed by atoms with Gasteiger partial charge >= 0.3 is 0 Å². The van der Waals surface area contributed by atoms with E-state index in [2.05, 4.69) is 31.4 Å². The third-order valence-corrected chi connectivity index (χ3v) is 5.58. The Balaban J connectivity index is 1.72. The summed E-state index contributed by atoms with van der Waals surface area (Å²) >= 11 is 1.98. The van der Waals surface area contributed by atoms with Crippen LogP contribution in [0.1, 0.15) is 26.2 Å². The Labute approximate surface area is 125 Å². The van der Waals surface area contributed by atoms with E-state index in [4.69, 9.17) is 9.47 Å². The zero-order valence-corrected chi connectivity index (χ0v) is 13.0. The van der Waals surface area contributed by atoms with Gasteiger partial charge in [-0.3, -0.25) is 0 Å². The molecule has 3 rings (SSSR count). The first-order valence-corrected chi connectivity index (χ1v) is 8.38. The molecule has 110 valence electrons. The van der Waals surface area contributed by atoms with E-state index in [1.54, 1.807) is 0 Å². The zero-order valence-electron chi connectivity index (χ0n) is 12.2. The largest absolute Gasteiger partial charge is 0.486 e. The van der Waals surface area contributed by atoms with Gasteiger partial charge in [0.25, 0.3) is 0 Å². The molecule has 3 unspecified atom stereocenters. The number of hydrogen-bond acceptors (Lipinski definition) is 4. The van der Waals surface area contributed by atoms with Crippen molar-refractivity contribution in [2.45, 2.75) is 42.4 Å². The lowest BCUT2D eigenvalue weighted by atomic mass is 9.87. The molecule has 3 atom stereocenters. The summed E-state index contributed by atoms with van der Waals surface area (Å²) in [6.45, 7) is 3.67. The predicted molar refractivity (Wildman–Crippen MR) is 82.9 cm³/mol. The van der Waals surface area contributed by atoms with Gasteiger partial charge < -0.3 is 14.8 Å². The standard InChI is InChI=1S/C16H23NO2S/c1-11-3-5-13(17-2)16(9-11)20-12-4-6-14-15(10-12)19-8-7-18-14/h4,6,10-11,13,16-17H,3,5,7-9H2,1-2H3. The number of ether oxygens (including phenoxy) is 2. The van der Waals surface area contributed by atoms with Crippen molar-refractivity contribution in [2.75, 3.05) is 20.3 Å². The number of nitrogens with one attached hydrogen (secondary N) is 1. The highest BCUT2D eigenvalue weighted by atomic mass is 32.2. The van der Waals surface area contributed by atoms with Gasteiger partial charge in [0, 0.05) is 16.2 Å². The van der Waals surface area contributed by atoms with Gasteiger partial charge in [-0.25, -0.2) is 0 Å². The van der Waals surface area contributed by atoms with Crippen LogP contribution in [-0.4, -0.2) is 31.6 Å². The van der Waals surface area contributed by atoms with Gasteiger partial charge in [0.05, 0.1) is 0 Å². The van der Waals surface area contributed by atoms with Crippen molar-refractivity contribution >= 4 is 11.8 Å². The minimum atomic E-state index is 0.615. The van der Waals surface area contributed by atoms with Gasteiger partial charge in [0.2, 0.25) is 0 Å². The molecule has 0 spiro atoms. The highest BCUT2D eigenvalue weighted by molar-refractivity contribution is 8.00. The highest BCUT2D eigenvalue weighted by Gasteiger charge is 2.28. The van der Waals surface area contributed by atoms with Gasteiger partial charge in [0.15, 0.2) is 11.5 Å². The molecule has 0 radical (unpaired) electrons. The highest BCUT2D eigenvalue weighted by Crippen LogP contribution is 2.40. The second-order valence-electron chi connectivity index (χ2n) is 5.78. The van der Waals surface area contributed by atoms with Gasteiger partial charge in [0.1, 0.15) is 13.2 Å². The summed E-state index contributed by atoms with van der Waals surface area (Å²) in [5.74, 6) is 2.60. The molecule has 0 amide bonds. The van der Waals surface area contributed by atoms with E-state index in [9.17, 15) is 0 Å². The maximum absolute atomic E-state index is 5.67. The van der Waals surface area contributed by atoms with E-state index >= 15 is 0 Å². The summed E-state index contributed by atoms with van der Waals surface area (Å²) in [6.07, 6.45) is 3.90. The van der Waals surface area contributed by atoms with E-state index in [1.807, 2.05) is 17.8 Å². The molecule has 1 aromatic rings. The minimum Gasteiger partial charge on any atom is -0.486 e. The Morgan fingerprint density at radius 2 is 1.95 bits per heavy atom. The smallest absolute Gasteiger partial charge is 0.162 e. The molecule has 0 saturated heterocycles. The minimum absolute atomic E-state index is 0.615. The van der Waals surface area contributed by atoms with E-state index in [0.29, 0.717) is 24.5 Å². The number of fused-ring (bicyclic) bond motifs is 1. The van der Waals surface area contributed by atoms with Crippen LogP contribution >= 0.6 is 11.8 Å². The van der Waals surface area contributed by atoms with Gasteiger partial charge in [-0.2, -0.15) is 0 Å². The van der Waals surface area contributed by atoms with E-state index < -0.39 is 0 Å². The molecular weight excluding hydrogens is 270 g/mol. The van der Waals surface area contributed by atoms with Crippen LogP contribution in [0.3, 0.4) is 0 Å². The van der Waals surface area contributed by atoms with Gasteiger partial charge in [-0.05, 0) is 50.4 Å². The van der Waals surface area contributed by atoms with E-state index in [1.165, 1.54) is 24.2 Å². The SMILES string of the molecule is CNC1CCC(C)CC1Sc1ccc2c(c1)OCCO2. The molecular formula is C16H23NO2S. The van der Waals surface area contributed by atoms with Crippen LogP contribution in [0.5, 0.6) is 11.5 Å². The summed E-state index contributed by atoms with van der Waals surface area (Å²) in [4.78, 5) is 1.29. The van der Waals surface area contributed by atoms with Crippen molar-refractivity contribution in [1.82, 2.24) is 5.32 Å². The van der Waals surface area contributed by atoms with Crippen molar-refractivity contribution in [3.63, 3.8) is 0 Å². The fourth-order valence-corrected chi connectivity index (χ4v) is 4.59. The zero-order chi connectivity index (χ0) is 13.9. The van der Waals surface area contributed by atoms with Crippen LogP contribution in [0.4, 0.5) is 0 Å². The molecule has 0 bridgehead atoms. The first-order chi connectivity index (χ1) is 9.76. The average Bonchev–Trinajstić information content (AvgIpc) is 2.47. The number of thioether (sulfide) groups is 1. The third-order valence-electron chi connectivity index (χ3n) is 4.23. The van der Waals surface area contributed by atoms with Crippen LogP contribution < -0.4 is 14.8 Å². The van der Waals surface area contributed by atoms with Crippen molar-refractivity contribution in [2.24, 2.45) is 5.92 Å². The molecule has 1 aliphatic heterocycles. The first kappa shape index (κ1) is 14.1. The molecule has 1 fully saturated rings. The molecule has 1 aromatic carbocycles. The van der Waals surface area contributed by atoms with Crippen LogP contribution in [0.15, 0.2) is 23.1 Å². The number of hydrogen-bond donors (Lipinski definition) is 1. The molecule has 3 nitrogen and oxygen atoms in total. The lowest BCUT2D eigenvalue weighted by Gasteiger charge is -2.34. The molecule has 2 aliphatic rings. The summed E-state index contributed by atoms with van der Waals surface area (Å²) in [5, 5.41) is 4.13. The number of benzene rings is 1. The Morgan fingerprint density at radius 1 is 1.15 bits per heavy atom. The lowest BCUT2D eigenvalue weighted by molar-refractivity contribution is 0.171. The Kier molecular flexibility index (Phi) is 4.41. The quantitative estimate of drug-likeness (QED) is 0.926. The van der Waals surface area contributed by atoms with Crippen molar-refractivity contribution in [1.29, 1.82) is 0 Å². The maximum atomic E-state index is 5.67. The molecule has 1 heterocycles. The molecule has 0 aromatic heterocycles. The van der Waals surface area contributed by atoms with Crippen LogP contribution in [-0.2, 0) is 0 Å². The van der Waals surface area contributed by atoms with Crippen molar-refractivity contribution < 1.29 is 9.47 Å². The third kappa shape index (κ3) is 3.07. The summed E-state index contributed by atoms with van der Waals surface area (Å²) < 4.78 is 11.3. The van der Waals surface area contributed by atoms with Crippen LogP contribution in [0.25, 0.3) is 0 Å². The van der Waals surface area contributed by atoms with Crippen molar-refractivity contribution in [3.05, 3.63) is 18.2 Å². The summed E-state index contributed by atoms with van der Waals surface area (Å²) in [7, 11) is 2.08. The van der Waals surface area contributed by atoms with Gasteiger partial charge in [-0.1, -0.05) is 6.92 Å². The summed E-state index contributed by atoms with van der Waals surface area (Å²) in [6, 6.07) is 6.94. The average molecular weight is 293 g/mol. The molecule has 1 saturated carbocycles. The Hall–Kier alpha value is -0.870. The van der Waals surface area contributed by atoms with E-state index in [-0.39, 0.29) is 0 Å². The Bertz CT molecular complexity index is 466. The van der Waals surface area contributed by atoms with Crippen molar-refractivity contribution in [3.8, 4) is 11.5 Å².